The third-order valence-corrected chi connectivity index (χ3v) is 4.00. The van der Waals surface area contributed by atoms with Gasteiger partial charge in [0.15, 0.2) is 0 Å². The van der Waals surface area contributed by atoms with E-state index in [2.05, 4.69) is 10.4 Å². The maximum atomic E-state index is 12.5. The van der Waals surface area contributed by atoms with Crippen LogP contribution in [0, 0.1) is 19.8 Å². The number of aryl methyl sites for hydroxylation is 2. The summed E-state index contributed by atoms with van der Waals surface area (Å²) in [6.07, 6.45) is -1.10. The summed E-state index contributed by atoms with van der Waals surface area (Å²) in [4.78, 5) is 0. The smallest absolute Gasteiger partial charge is 0.241 e. The van der Waals surface area contributed by atoms with Crippen molar-refractivity contribution in [2.75, 3.05) is 5.32 Å². The van der Waals surface area contributed by atoms with E-state index >= 15 is 0 Å². The normalized spacial score (nSPS) is 21.4. The molecule has 0 aliphatic heterocycles. The first-order chi connectivity index (χ1) is 10.0. The van der Waals surface area contributed by atoms with Gasteiger partial charge in [0, 0.05) is 23.3 Å². The van der Waals surface area contributed by atoms with Crippen LogP contribution in [0.25, 0.3) is 5.69 Å². The van der Waals surface area contributed by atoms with E-state index in [0.29, 0.717) is 12.8 Å². The highest BCUT2D eigenvalue weighted by molar-refractivity contribution is 5.52. The Morgan fingerprint density at radius 2 is 2.00 bits per heavy atom. The number of halogens is 2. The third-order valence-electron chi connectivity index (χ3n) is 4.00. The highest BCUT2D eigenvalue weighted by Crippen LogP contribution is 2.34. The molecule has 21 heavy (non-hydrogen) atoms. The molecule has 1 saturated carbocycles. The topological polar surface area (TPSA) is 29.9 Å². The number of anilines is 1. The Balaban J connectivity index is 1.71. The van der Waals surface area contributed by atoms with Gasteiger partial charge in [-0.05, 0) is 51.0 Å². The lowest BCUT2D eigenvalue weighted by atomic mass is 9.80. The van der Waals surface area contributed by atoms with Crippen molar-refractivity contribution in [1.82, 2.24) is 9.78 Å². The van der Waals surface area contributed by atoms with Gasteiger partial charge in [0.1, 0.15) is 0 Å². The summed E-state index contributed by atoms with van der Waals surface area (Å²) in [5, 5.41) is 7.79. The minimum Gasteiger partial charge on any atom is -0.382 e. The lowest BCUT2D eigenvalue weighted by molar-refractivity contribution is 0.0281. The van der Waals surface area contributed by atoms with Gasteiger partial charge in [0.05, 0.1) is 11.4 Å². The summed E-state index contributed by atoms with van der Waals surface area (Å²) in [7, 11) is 0. The van der Waals surface area contributed by atoms with Crippen LogP contribution in [0.4, 0.5) is 14.5 Å². The second kappa shape index (κ2) is 5.47. The van der Waals surface area contributed by atoms with Gasteiger partial charge in [-0.25, -0.2) is 13.5 Å². The molecule has 0 bridgehead atoms. The van der Waals surface area contributed by atoms with Crippen LogP contribution in [0.2, 0.25) is 0 Å². The Morgan fingerprint density at radius 3 is 2.62 bits per heavy atom. The van der Waals surface area contributed by atoms with E-state index in [0.717, 1.165) is 22.8 Å². The van der Waals surface area contributed by atoms with E-state index in [1.165, 1.54) is 0 Å². The van der Waals surface area contributed by atoms with Crippen LogP contribution < -0.4 is 5.32 Å². The standard InChI is InChI=1S/C16H19F2N3/c1-10-6-11(2)21(20-10)15-5-3-4-13(9-15)19-14-7-12(8-14)16(17)18/h3-6,9,12,14,16,19H,7-8H2,1-2H3. The van der Waals surface area contributed by atoms with Crippen molar-refractivity contribution in [2.24, 2.45) is 5.92 Å². The van der Waals surface area contributed by atoms with Crippen molar-refractivity contribution in [3.63, 3.8) is 0 Å². The number of rotatable bonds is 4. The van der Waals surface area contributed by atoms with Crippen molar-refractivity contribution >= 4 is 5.69 Å². The zero-order chi connectivity index (χ0) is 15.0. The van der Waals surface area contributed by atoms with Crippen molar-refractivity contribution in [3.05, 3.63) is 41.7 Å². The zero-order valence-electron chi connectivity index (χ0n) is 12.2. The van der Waals surface area contributed by atoms with Crippen LogP contribution in [0.15, 0.2) is 30.3 Å². The summed E-state index contributed by atoms with van der Waals surface area (Å²) in [5.74, 6) is -0.443. The van der Waals surface area contributed by atoms with Crippen molar-refractivity contribution in [1.29, 1.82) is 0 Å². The number of benzene rings is 1. The average molecular weight is 291 g/mol. The van der Waals surface area contributed by atoms with Gasteiger partial charge >= 0.3 is 0 Å². The number of nitrogens with one attached hydrogen (secondary N) is 1. The highest BCUT2D eigenvalue weighted by Gasteiger charge is 2.35. The molecule has 0 amide bonds. The van der Waals surface area contributed by atoms with Crippen LogP contribution >= 0.6 is 0 Å². The Bertz CT molecular complexity index is 630. The summed E-state index contributed by atoms with van der Waals surface area (Å²) in [6, 6.07) is 10.1. The van der Waals surface area contributed by atoms with Crippen molar-refractivity contribution in [2.45, 2.75) is 39.2 Å². The molecule has 1 fully saturated rings. The van der Waals surface area contributed by atoms with Crippen LogP contribution in [-0.2, 0) is 0 Å². The Morgan fingerprint density at radius 1 is 1.24 bits per heavy atom. The Hall–Kier alpha value is -1.91. The minimum atomic E-state index is -2.19. The fourth-order valence-electron chi connectivity index (χ4n) is 2.84. The van der Waals surface area contributed by atoms with Gasteiger partial charge in [-0.2, -0.15) is 5.10 Å². The molecule has 2 aromatic rings. The summed E-state index contributed by atoms with van der Waals surface area (Å²) in [5.41, 5.74) is 3.99. The van der Waals surface area contributed by atoms with E-state index in [4.69, 9.17) is 0 Å². The minimum absolute atomic E-state index is 0.153. The van der Waals surface area contributed by atoms with E-state index in [1.807, 2.05) is 48.9 Å². The molecule has 5 heteroatoms. The molecular weight excluding hydrogens is 272 g/mol. The Labute approximate surface area is 123 Å². The summed E-state index contributed by atoms with van der Waals surface area (Å²) >= 11 is 0. The van der Waals surface area contributed by atoms with Gasteiger partial charge in [-0.15, -0.1) is 0 Å². The predicted molar refractivity (Wildman–Crippen MR) is 79.2 cm³/mol. The molecule has 1 aliphatic rings. The monoisotopic (exact) mass is 291 g/mol. The first kappa shape index (κ1) is 14.0. The lowest BCUT2D eigenvalue weighted by Gasteiger charge is -2.35. The fourth-order valence-corrected chi connectivity index (χ4v) is 2.84. The van der Waals surface area contributed by atoms with Gasteiger partial charge in [0.25, 0.3) is 0 Å². The molecule has 0 atom stereocenters. The molecular formula is C16H19F2N3. The average Bonchev–Trinajstić information content (AvgIpc) is 2.72. The SMILES string of the molecule is Cc1cc(C)n(-c2cccc(NC3CC(C(F)F)C3)c2)n1. The maximum Gasteiger partial charge on any atom is 0.241 e. The molecule has 3 rings (SSSR count). The molecule has 1 aliphatic carbocycles. The maximum absolute atomic E-state index is 12.5. The van der Waals surface area contributed by atoms with E-state index in [1.54, 1.807) is 0 Å². The highest BCUT2D eigenvalue weighted by atomic mass is 19.3. The number of aromatic nitrogens is 2. The van der Waals surface area contributed by atoms with Crippen molar-refractivity contribution < 1.29 is 8.78 Å². The Kier molecular flexibility index (Phi) is 3.66. The van der Waals surface area contributed by atoms with Gasteiger partial charge in [-0.3, -0.25) is 0 Å². The number of nitrogens with zero attached hydrogens (tertiary/aromatic N) is 2. The first-order valence-corrected chi connectivity index (χ1v) is 7.21. The number of hydrogen-bond acceptors (Lipinski definition) is 2. The molecule has 1 N–H and O–H groups in total. The zero-order valence-corrected chi connectivity index (χ0v) is 12.2. The number of alkyl halides is 2. The van der Waals surface area contributed by atoms with Gasteiger partial charge < -0.3 is 5.32 Å². The second-order valence-electron chi connectivity index (χ2n) is 5.80. The second-order valence-corrected chi connectivity index (χ2v) is 5.80. The van der Waals surface area contributed by atoms with Gasteiger partial charge in [-0.1, -0.05) is 6.07 Å². The van der Waals surface area contributed by atoms with E-state index < -0.39 is 12.3 Å². The van der Waals surface area contributed by atoms with E-state index in [-0.39, 0.29) is 6.04 Å². The van der Waals surface area contributed by atoms with E-state index in [9.17, 15) is 8.78 Å². The third kappa shape index (κ3) is 2.91. The molecule has 1 heterocycles. The quantitative estimate of drug-likeness (QED) is 0.924. The number of hydrogen-bond donors (Lipinski definition) is 1. The molecule has 0 saturated heterocycles. The molecule has 0 unspecified atom stereocenters. The first-order valence-electron chi connectivity index (χ1n) is 7.21. The predicted octanol–water partition coefficient (Wildman–Crippen LogP) is 3.94. The van der Waals surface area contributed by atoms with Crippen LogP contribution in [0.5, 0.6) is 0 Å². The molecule has 0 spiro atoms. The van der Waals surface area contributed by atoms with Crippen LogP contribution in [0.3, 0.4) is 0 Å². The molecule has 1 aromatic heterocycles. The molecule has 112 valence electrons. The van der Waals surface area contributed by atoms with Crippen LogP contribution in [-0.4, -0.2) is 22.2 Å². The molecule has 0 radical (unpaired) electrons. The van der Waals surface area contributed by atoms with Crippen LogP contribution in [0.1, 0.15) is 24.2 Å². The molecule has 1 aromatic carbocycles. The summed E-state index contributed by atoms with van der Waals surface area (Å²) in [6.45, 7) is 3.98. The molecule has 3 nitrogen and oxygen atoms in total. The largest absolute Gasteiger partial charge is 0.382 e. The fraction of sp³-hybridized carbons (Fsp3) is 0.438. The van der Waals surface area contributed by atoms with Crippen molar-refractivity contribution in [3.8, 4) is 5.69 Å². The summed E-state index contributed by atoms with van der Waals surface area (Å²) < 4.78 is 26.9. The van der Waals surface area contributed by atoms with Gasteiger partial charge in [0.2, 0.25) is 6.43 Å². The lowest BCUT2D eigenvalue weighted by Crippen LogP contribution is -2.38.